The lowest BCUT2D eigenvalue weighted by Gasteiger charge is -2.25. The first-order valence-corrected chi connectivity index (χ1v) is 9.25. The van der Waals surface area contributed by atoms with Gasteiger partial charge in [-0.25, -0.2) is 0 Å². The molecule has 2 rings (SSSR count). The van der Waals surface area contributed by atoms with E-state index in [4.69, 9.17) is 4.84 Å². The summed E-state index contributed by atoms with van der Waals surface area (Å²) in [5.41, 5.74) is 4.14. The number of carbonyl (C=O) groups excluding carboxylic acids is 1. The smallest absolute Gasteiger partial charge is 0.321 e. The first-order valence-electron chi connectivity index (χ1n) is 8.30. The molecule has 0 aromatic rings. The summed E-state index contributed by atoms with van der Waals surface area (Å²) in [4.78, 5) is 16.0. The van der Waals surface area contributed by atoms with Crippen LogP contribution in [-0.2, 0) is 9.63 Å². The molecule has 0 radical (unpaired) electrons. The van der Waals surface area contributed by atoms with Crippen molar-refractivity contribution < 1.29 is 9.63 Å². The van der Waals surface area contributed by atoms with E-state index in [-0.39, 0.29) is 12.0 Å². The maximum absolute atomic E-state index is 11.0. The molecule has 2 aliphatic rings. The zero-order chi connectivity index (χ0) is 15.8. The Morgan fingerprint density at radius 3 is 2.91 bits per heavy atom. The van der Waals surface area contributed by atoms with Gasteiger partial charge in [0.2, 0.25) is 0 Å². The van der Waals surface area contributed by atoms with Crippen molar-refractivity contribution in [1.29, 1.82) is 0 Å². The molecule has 122 valence electrons. The van der Waals surface area contributed by atoms with Crippen LogP contribution in [0.4, 0.5) is 0 Å². The largest absolute Gasteiger partial charge is 0.370 e. The molecule has 3 unspecified atom stereocenters. The van der Waals surface area contributed by atoms with E-state index in [2.05, 4.69) is 54.5 Å². The fourth-order valence-electron chi connectivity index (χ4n) is 2.85. The van der Waals surface area contributed by atoms with Gasteiger partial charge in [-0.2, -0.15) is 11.8 Å². The summed E-state index contributed by atoms with van der Waals surface area (Å²) in [6.45, 7) is 3.57. The van der Waals surface area contributed by atoms with Crippen molar-refractivity contribution in [2.75, 3.05) is 0 Å². The molecule has 2 aliphatic carbocycles. The first-order chi connectivity index (χ1) is 10.7. The Labute approximate surface area is 138 Å². The molecule has 4 heteroatoms. The quantitative estimate of drug-likeness (QED) is 0.560. The number of hydroxylamine groups is 1. The Morgan fingerprint density at radius 1 is 1.45 bits per heavy atom. The molecule has 0 aliphatic heterocycles. The minimum Gasteiger partial charge on any atom is -0.370 e. The van der Waals surface area contributed by atoms with E-state index in [0.29, 0.717) is 5.25 Å². The van der Waals surface area contributed by atoms with Crippen LogP contribution < -0.4 is 5.48 Å². The molecule has 0 fully saturated rings. The lowest BCUT2D eigenvalue weighted by Crippen LogP contribution is -2.32. The summed E-state index contributed by atoms with van der Waals surface area (Å²) in [6, 6.07) is 0.105. The number of thioether (sulfide) groups is 1. The van der Waals surface area contributed by atoms with E-state index in [1.807, 2.05) is 0 Å². The lowest BCUT2D eigenvalue weighted by atomic mass is 9.97. The predicted octanol–water partition coefficient (Wildman–Crippen LogP) is 4.32. The van der Waals surface area contributed by atoms with Crippen molar-refractivity contribution in [3.63, 3.8) is 0 Å². The summed E-state index contributed by atoms with van der Waals surface area (Å²) >= 11 is 2.10. The van der Waals surface area contributed by atoms with E-state index >= 15 is 0 Å². The van der Waals surface area contributed by atoms with Crippen molar-refractivity contribution in [1.82, 2.24) is 5.48 Å². The molecule has 0 saturated heterocycles. The lowest BCUT2D eigenvalue weighted by molar-refractivity contribution is -0.149. The molecule has 0 aromatic carbocycles. The zero-order valence-corrected chi connectivity index (χ0v) is 14.4. The highest BCUT2D eigenvalue weighted by Gasteiger charge is 2.20. The molecule has 0 spiro atoms. The monoisotopic (exact) mass is 321 g/mol. The second-order valence-electron chi connectivity index (χ2n) is 5.93. The second kappa shape index (κ2) is 9.21. The van der Waals surface area contributed by atoms with Gasteiger partial charge in [0.05, 0.1) is 6.04 Å². The molecule has 0 aromatic heterocycles. The summed E-state index contributed by atoms with van der Waals surface area (Å²) in [6.07, 6.45) is 18.2. The van der Waals surface area contributed by atoms with Crippen molar-refractivity contribution in [2.45, 2.75) is 68.9 Å². The fourth-order valence-corrected chi connectivity index (χ4v) is 4.22. The third-order valence-electron chi connectivity index (χ3n) is 4.00. The molecule has 1 N–H and O–H groups in total. The standard InChI is InChI=1S/C18H27NO2S/c1-3-7-18(19-21-14(2)20)15-10-12-17(13-11-15)22-16-8-5-4-6-9-16/h4-5,10-12,16-19H,3,6-9,13H2,1-2H3. The normalized spacial score (nSPS) is 25.6. The van der Waals surface area contributed by atoms with Crippen LogP contribution in [0.15, 0.2) is 36.0 Å². The SMILES string of the molecule is CCCC(NOC(C)=O)C1=CCC(SC2CC=CCC2)C=C1. The molecular weight excluding hydrogens is 294 g/mol. The van der Waals surface area contributed by atoms with Gasteiger partial charge >= 0.3 is 5.97 Å². The van der Waals surface area contributed by atoms with Gasteiger partial charge < -0.3 is 4.84 Å². The van der Waals surface area contributed by atoms with E-state index in [0.717, 1.165) is 24.5 Å². The van der Waals surface area contributed by atoms with Gasteiger partial charge in [-0.3, -0.25) is 4.79 Å². The average Bonchev–Trinajstić information content (AvgIpc) is 2.53. The van der Waals surface area contributed by atoms with Gasteiger partial charge in [0, 0.05) is 17.4 Å². The van der Waals surface area contributed by atoms with E-state index in [1.54, 1.807) is 0 Å². The number of allylic oxidation sites excluding steroid dienone is 3. The molecule has 0 bridgehead atoms. The molecule has 3 atom stereocenters. The second-order valence-corrected chi connectivity index (χ2v) is 7.48. The van der Waals surface area contributed by atoms with E-state index in [9.17, 15) is 4.79 Å². The molecule has 0 heterocycles. The Bertz CT molecular complexity index is 456. The van der Waals surface area contributed by atoms with Crippen molar-refractivity contribution in [2.24, 2.45) is 0 Å². The van der Waals surface area contributed by atoms with Gasteiger partial charge in [0.1, 0.15) is 0 Å². The van der Waals surface area contributed by atoms with Crippen molar-refractivity contribution >= 4 is 17.7 Å². The summed E-state index contributed by atoms with van der Waals surface area (Å²) < 4.78 is 0. The number of carbonyl (C=O) groups is 1. The minimum atomic E-state index is -0.291. The van der Waals surface area contributed by atoms with E-state index < -0.39 is 0 Å². The fraction of sp³-hybridized carbons (Fsp3) is 0.611. The predicted molar refractivity (Wildman–Crippen MR) is 93.6 cm³/mol. The summed E-state index contributed by atoms with van der Waals surface area (Å²) in [5.74, 6) is -0.291. The molecule has 22 heavy (non-hydrogen) atoms. The van der Waals surface area contributed by atoms with Crippen LogP contribution in [0.3, 0.4) is 0 Å². The van der Waals surface area contributed by atoms with Crippen LogP contribution >= 0.6 is 11.8 Å². The first kappa shape index (κ1) is 17.4. The Balaban J connectivity index is 1.84. The van der Waals surface area contributed by atoms with E-state index in [1.165, 1.54) is 31.8 Å². The Morgan fingerprint density at radius 2 is 2.32 bits per heavy atom. The minimum absolute atomic E-state index is 0.105. The molecule has 3 nitrogen and oxygen atoms in total. The van der Waals surface area contributed by atoms with Crippen LogP contribution in [0.2, 0.25) is 0 Å². The summed E-state index contributed by atoms with van der Waals surface area (Å²) in [7, 11) is 0. The van der Waals surface area contributed by atoms with Crippen molar-refractivity contribution in [3.05, 3.63) is 36.0 Å². The summed E-state index contributed by atoms with van der Waals surface area (Å²) in [5, 5.41) is 1.34. The number of nitrogens with one attached hydrogen (secondary N) is 1. The Hall–Kier alpha value is -1.00. The van der Waals surface area contributed by atoms with Crippen molar-refractivity contribution in [3.8, 4) is 0 Å². The molecular formula is C18H27NO2S. The van der Waals surface area contributed by atoms with Crippen LogP contribution in [0.5, 0.6) is 0 Å². The third-order valence-corrected chi connectivity index (χ3v) is 5.51. The highest BCUT2D eigenvalue weighted by atomic mass is 32.2. The Kier molecular flexibility index (Phi) is 7.26. The zero-order valence-electron chi connectivity index (χ0n) is 13.6. The van der Waals surface area contributed by atoms with Gasteiger partial charge in [0.15, 0.2) is 0 Å². The maximum Gasteiger partial charge on any atom is 0.321 e. The van der Waals surface area contributed by atoms with Gasteiger partial charge in [-0.15, -0.1) is 5.48 Å². The van der Waals surface area contributed by atoms with Crippen LogP contribution in [0, 0.1) is 0 Å². The van der Waals surface area contributed by atoms with Crippen LogP contribution in [0.25, 0.3) is 0 Å². The number of rotatable bonds is 7. The topological polar surface area (TPSA) is 38.3 Å². The average molecular weight is 321 g/mol. The highest BCUT2D eigenvalue weighted by molar-refractivity contribution is 8.00. The van der Waals surface area contributed by atoms with Gasteiger partial charge in [0.25, 0.3) is 0 Å². The maximum atomic E-state index is 11.0. The third kappa shape index (κ3) is 5.65. The van der Waals surface area contributed by atoms with Crippen LogP contribution in [-0.4, -0.2) is 22.5 Å². The van der Waals surface area contributed by atoms with Gasteiger partial charge in [-0.1, -0.05) is 43.7 Å². The highest BCUT2D eigenvalue weighted by Crippen LogP contribution is 2.33. The molecule has 0 amide bonds. The number of hydrogen-bond acceptors (Lipinski definition) is 4. The number of hydrogen-bond donors (Lipinski definition) is 1. The van der Waals surface area contributed by atoms with Gasteiger partial charge in [-0.05, 0) is 37.7 Å². The van der Waals surface area contributed by atoms with Crippen LogP contribution in [0.1, 0.15) is 52.4 Å². The molecule has 0 saturated carbocycles.